The van der Waals surface area contributed by atoms with Gasteiger partial charge in [-0.2, -0.15) is 9.97 Å². The SMILES string of the molecule is CC1Cc2c(C(N)=O)cccc2N1c1nc(NCc2cccc(B(O)O)c2)c2c(n1)N(C)CCC2. The first-order chi connectivity index (χ1) is 16.8. The van der Waals surface area contributed by atoms with Crippen molar-refractivity contribution in [2.45, 2.75) is 38.8 Å². The van der Waals surface area contributed by atoms with Crippen molar-refractivity contribution in [3.8, 4) is 0 Å². The third-order valence-electron chi connectivity index (χ3n) is 6.80. The number of nitrogens with zero attached hydrogens (tertiary/aromatic N) is 4. The van der Waals surface area contributed by atoms with Gasteiger partial charge in [0.25, 0.3) is 0 Å². The van der Waals surface area contributed by atoms with Gasteiger partial charge in [0.2, 0.25) is 11.9 Å². The van der Waals surface area contributed by atoms with Crippen LogP contribution in [-0.2, 0) is 19.4 Å². The van der Waals surface area contributed by atoms with E-state index in [1.54, 1.807) is 24.3 Å². The van der Waals surface area contributed by atoms with E-state index in [0.717, 1.165) is 53.4 Å². The van der Waals surface area contributed by atoms with E-state index in [-0.39, 0.29) is 6.04 Å². The Morgan fingerprint density at radius 3 is 2.77 bits per heavy atom. The number of nitrogens with two attached hydrogens (primary N) is 1. The highest BCUT2D eigenvalue weighted by Crippen LogP contribution is 2.41. The molecule has 1 amide bonds. The summed E-state index contributed by atoms with van der Waals surface area (Å²) in [5, 5.41) is 22.5. The number of nitrogens with one attached hydrogen (secondary N) is 1. The predicted octanol–water partition coefficient (Wildman–Crippen LogP) is 1.33. The molecule has 35 heavy (non-hydrogen) atoms. The summed E-state index contributed by atoms with van der Waals surface area (Å²) in [6.07, 6.45) is 2.57. The molecular formula is C25H29BN6O3. The molecule has 2 aliphatic heterocycles. The second-order valence-electron chi connectivity index (χ2n) is 9.26. The van der Waals surface area contributed by atoms with Crippen LogP contribution in [0.5, 0.6) is 0 Å². The quantitative estimate of drug-likeness (QED) is 0.396. The van der Waals surface area contributed by atoms with E-state index in [1.807, 2.05) is 25.2 Å². The van der Waals surface area contributed by atoms with Crippen LogP contribution in [0.3, 0.4) is 0 Å². The first kappa shape index (κ1) is 23.1. The molecule has 0 radical (unpaired) electrons. The maximum Gasteiger partial charge on any atom is 0.488 e. The number of carbonyl (C=O) groups is 1. The van der Waals surface area contributed by atoms with Crippen molar-refractivity contribution >= 4 is 41.8 Å². The summed E-state index contributed by atoms with van der Waals surface area (Å²) in [5.41, 5.74) is 10.4. The fourth-order valence-corrected chi connectivity index (χ4v) is 5.08. The predicted molar refractivity (Wildman–Crippen MR) is 137 cm³/mol. The van der Waals surface area contributed by atoms with Gasteiger partial charge in [0.05, 0.1) is 0 Å². The molecule has 0 saturated heterocycles. The van der Waals surface area contributed by atoms with Crippen LogP contribution in [0, 0.1) is 0 Å². The molecule has 180 valence electrons. The van der Waals surface area contributed by atoms with Crippen LogP contribution in [0.2, 0.25) is 0 Å². The fourth-order valence-electron chi connectivity index (χ4n) is 5.08. The molecule has 0 fully saturated rings. The lowest BCUT2D eigenvalue weighted by molar-refractivity contribution is 0.0999. The van der Waals surface area contributed by atoms with Crippen molar-refractivity contribution in [2.75, 3.05) is 28.7 Å². The Morgan fingerprint density at radius 2 is 2.00 bits per heavy atom. The summed E-state index contributed by atoms with van der Waals surface area (Å²) in [7, 11) is 0.529. The molecule has 0 aliphatic carbocycles. The first-order valence-electron chi connectivity index (χ1n) is 11.8. The van der Waals surface area contributed by atoms with Gasteiger partial charge in [-0.05, 0) is 54.9 Å². The average molecular weight is 472 g/mol. The van der Waals surface area contributed by atoms with Crippen molar-refractivity contribution < 1.29 is 14.8 Å². The number of hydrogen-bond acceptors (Lipinski definition) is 8. The second kappa shape index (κ2) is 9.20. The van der Waals surface area contributed by atoms with Gasteiger partial charge in [-0.15, -0.1) is 0 Å². The van der Waals surface area contributed by atoms with E-state index in [4.69, 9.17) is 15.7 Å². The number of rotatable bonds is 6. The molecular weight excluding hydrogens is 443 g/mol. The minimum Gasteiger partial charge on any atom is -0.423 e. The summed E-state index contributed by atoms with van der Waals surface area (Å²) >= 11 is 0. The molecule has 1 atom stereocenters. The molecule has 0 saturated carbocycles. The zero-order valence-electron chi connectivity index (χ0n) is 19.9. The number of carbonyl (C=O) groups excluding carboxylic acids is 1. The Labute approximate surface area is 204 Å². The van der Waals surface area contributed by atoms with Crippen LogP contribution in [0.25, 0.3) is 0 Å². The van der Waals surface area contributed by atoms with Crippen molar-refractivity contribution in [3.63, 3.8) is 0 Å². The molecule has 5 rings (SSSR count). The van der Waals surface area contributed by atoms with Crippen molar-refractivity contribution in [3.05, 3.63) is 64.7 Å². The number of primary amides is 1. The molecule has 3 heterocycles. The maximum atomic E-state index is 12.0. The fraction of sp³-hybridized carbons (Fsp3) is 0.320. The minimum absolute atomic E-state index is 0.0630. The normalized spacial score (nSPS) is 16.6. The van der Waals surface area contributed by atoms with Crippen LogP contribution in [0.15, 0.2) is 42.5 Å². The zero-order chi connectivity index (χ0) is 24.7. The summed E-state index contributed by atoms with van der Waals surface area (Å²) in [5.74, 6) is 1.81. The highest BCUT2D eigenvalue weighted by Gasteiger charge is 2.33. The van der Waals surface area contributed by atoms with E-state index >= 15 is 0 Å². The third-order valence-corrected chi connectivity index (χ3v) is 6.80. The number of hydrogen-bond donors (Lipinski definition) is 4. The summed E-state index contributed by atoms with van der Waals surface area (Å²) in [6.45, 7) is 3.48. The lowest BCUT2D eigenvalue weighted by Crippen LogP contribution is -2.31. The minimum atomic E-state index is -1.51. The van der Waals surface area contributed by atoms with Crippen LogP contribution < -0.4 is 26.3 Å². The van der Waals surface area contributed by atoms with Gasteiger partial charge in [0.1, 0.15) is 11.6 Å². The second-order valence-corrected chi connectivity index (χ2v) is 9.26. The van der Waals surface area contributed by atoms with Gasteiger partial charge in [-0.1, -0.05) is 30.3 Å². The van der Waals surface area contributed by atoms with Gasteiger partial charge in [0, 0.05) is 43.0 Å². The van der Waals surface area contributed by atoms with Gasteiger partial charge in [-0.25, -0.2) is 0 Å². The van der Waals surface area contributed by atoms with Crippen LogP contribution >= 0.6 is 0 Å². The van der Waals surface area contributed by atoms with Gasteiger partial charge in [-0.3, -0.25) is 4.79 Å². The summed E-state index contributed by atoms with van der Waals surface area (Å²) in [6, 6.07) is 12.8. The standard InChI is InChI=1S/C25H29BN6O3/c1-15-12-20-18(22(27)33)8-4-10-21(20)32(15)25-29-23(19-9-5-11-31(2)24(19)30-25)28-14-16-6-3-7-17(13-16)26(34)35/h3-4,6-8,10,13,15,34-35H,5,9,11-12,14H2,1-2H3,(H2,27,33)(H,28,29,30). The monoisotopic (exact) mass is 472 g/mol. The Balaban J connectivity index is 1.54. The Bertz CT molecular complexity index is 1280. The summed E-state index contributed by atoms with van der Waals surface area (Å²) < 4.78 is 0. The van der Waals surface area contributed by atoms with E-state index in [2.05, 4.69) is 22.0 Å². The Morgan fingerprint density at radius 1 is 1.20 bits per heavy atom. The van der Waals surface area contributed by atoms with Crippen LogP contribution in [-0.4, -0.2) is 52.7 Å². The molecule has 1 unspecified atom stereocenters. The molecule has 10 heteroatoms. The largest absolute Gasteiger partial charge is 0.488 e. The lowest BCUT2D eigenvalue weighted by atomic mass is 9.79. The average Bonchev–Trinajstić information content (AvgIpc) is 3.18. The molecule has 2 aromatic carbocycles. The first-order valence-corrected chi connectivity index (χ1v) is 11.8. The lowest BCUT2D eigenvalue weighted by Gasteiger charge is -2.31. The molecule has 1 aromatic heterocycles. The van der Waals surface area contributed by atoms with Crippen LogP contribution in [0.1, 0.15) is 40.4 Å². The molecule has 0 bridgehead atoms. The van der Waals surface area contributed by atoms with E-state index in [1.165, 1.54) is 0 Å². The summed E-state index contributed by atoms with van der Waals surface area (Å²) in [4.78, 5) is 26.2. The number of fused-ring (bicyclic) bond motifs is 2. The van der Waals surface area contributed by atoms with E-state index in [9.17, 15) is 14.8 Å². The number of benzene rings is 2. The topological polar surface area (TPSA) is 128 Å². The Hall–Kier alpha value is -3.63. The number of aromatic nitrogens is 2. The van der Waals surface area contributed by atoms with Crippen molar-refractivity contribution in [1.29, 1.82) is 0 Å². The third kappa shape index (κ3) is 4.30. The number of amides is 1. The van der Waals surface area contributed by atoms with Gasteiger partial charge in [0.15, 0.2) is 0 Å². The zero-order valence-corrected chi connectivity index (χ0v) is 19.9. The van der Waals surface area contributed by atoms with Crippen LogP contribution in [0.4, 0.5) is 23.3 Å². The van der Waals surface area contributed by atoms with E-state index in [0.29, 0.717) is 29.9 Å². The van der Waals surface area contributed by atoms with Gasteiger partial charge < -0.3 is 30.9 Å². The molecule has 9 nitrogen and oxygen atoms in total. The molecule has 2 aliphatic rings. The van der Waals surface area contributed by atoms with Crippen molar-refractivity contribution in [1.82, 2.24) is 9.97 Å². The van der Waals surface area contributed by atoms with Crippen molar-refractivity contribution in [2.24, 2.45) is 5.73 Å². The van der Waals surface area contributed by atoms with Gasteiger partial charge >= 0.3 is 7.12 Å². The highest BCUT2D eigenvalue weighted by molar-refractivity contribution is 6.58. The molecule has 5 N–H and O–H groups in total. The number of anilines is 4. The highest BCUT2D eigenvalue weighted by atomic mass is 16.4. The molecule has 0 spiro atoms. The Kier molecular flexibility index (Phi) is 6.08. The maximum absolute atomic E-state index is 12.0. The smallest absolute Gasteiger partial charge is 0.423 e. The molecule has 3 aromatic rings. The van der Waals surface area contributed by atoms with E-state index < -0.39 is 13.0 Å².